The van der Waals surface area contributed by atoms with E-state index in [0.29, 0.717) is 6.42 Å². The zero-order chi connectivity index (χ0) is 15.7. The van der Waals surface area contributed by atoms with Crippen molar-refractivity contribution >= 4 is 16.2 Å². The van der Waals surface area contributed by atoms with Crippen LogP contribution in [0.25, 0.3) is 0 Å². The van der Waals surface area contributed by atoms with Crippen molar-refractivity contribution in [2.75, 3.05) is 6.61 Å². The Morgan fingerprint density at radius 2 is 1.90 bits per heavy atom. The zero-order valence-electron chi connectivity index (χ0n) is 12.0. The topological polar surface area (TPSA) is 81.7 Å². The molecule has 1 amide bonds. The summed E-state index contributed by atoms with van der Waals surface area (Å²) in [4.78, 5) is 11.2. The van der Waals surface area contributed by atoms with E-state index in [4.69, 9.17) is 4.74 Å². The van der Waals surface area contributed by atoms with Crippen LogP contribution in [-0.2, 0) is 19.1 Å². The van der Waals surface area contributed by atoms with Gasteiger partial charge in [0.15, 0.2) is 0 Å². The van der Waals surface area contributed by atoms with Crippen LogP contribution in [0.1, 0.15) is 25.3 Å². The van der Waals surface area contributed by atoms with E-state index in [-0.39, 0.29) is 11.5 Å². The molecule has 1 rings (SSSR count). The summed E-state index contributed by atoms with van der Waals surface area (Å²) in [7, 11) is -4.04. The first-order valence-corrected chi connectivity index (χ1v) is 7.94. The number of ether oxygens (including phenoxy) is 1. The molecule has 21 heavy (non-hydrogen) atoms. The third kappa shape index (κ3) is 6.42. The maximum atomic E-state index is 11.8. The molecule has 0 fully saturated rings. The van der Waals surface area contributed by atoms with E-state index < -0.39 is 16.2 Å². The van der Waals surface area contributed by atoms with Crippen LogP contribution in [0.2, 0.25) is 0 Å². The molecule has 0 spiro atoms. The molecular formula is C14H19NO5S. The molecule has 0 atom stereocenters. The number of aryl methyl sites for hydroxylation is 1. The van der Waals surface area contributed by atoms with Crippen LogP contribution in [0.4, 0.5) is 4.79 Å². The molecule has 0 aliphatic heterocycles. The molecule has 6 nitrogen and oxygen atoms in total. The summed E-state index contributed by atoms with van der Waals surface area (Å²) < 4.78 is 32.7. The SMILES string of the molecule is CC/C=C/CCOC(=O)NOS(=O)(=O)c1ccc(C)cc1. The Labute approximate surface area is 124 Å². The molecule has 0 heterocycles. The number of rotatable bonds is 7. The van der Waals surface area contributed by atoms with Gasteiger partial charge in [-0.25, -0.2) is 4.79 Å². The number of allylic oxidation sites excluding steroid dienone is 1. The molecule has 1 N–H and O–H groups in total. The molecule has 0 saturated carbocycles. The first kappa shape index (κ1) is 17.2. The maximum Gasteiger partial charge on any atom is 0.432 e. The molecule has 0 saturated heterocycles. The highest BCUT2D eigenvalue weighted by atomic mass is 32.2. The molecule has 0 bridgehead atoms. The first-order chi connectivity index (χ1) is 9.95. The second kappa shape index (κ2) is 8.43. The Hall–Kier alpha value is -1.86. The third-order valence-corrected chi connectivity index (χ3v) is 3.62. The van der Waals surface area contributed by atoms with Gasteiger partial charge in [-0.05, 0) is 31.9 Å². The lowest BCUT2D eigenvalue weighted by Gasteiger charge is -2.07. The summed E-state index contributed by atoms with van der Waals surface area (Å²) in [6.07, 6.45) is 4.34. The lowest BCUT2D eigenvalue weighted by Crippen LogP contribution is -2.28. The van der Waals surface area contributed by atoms with E-state index in [2.05, 4.69) is 4.28 Å². The number of nitrogens with one attached hydrogen (secondary N) is 1. The van der Waals surface area contributed by atoms with Crippen LogP contribution in [0.3, 0.4) is 0 Å². The van der Waals surface area contributed by atoms with E-state index in [1.54, 1.807) is 17.6 Å². The minimum absolute atomic E-state index is 0.0423. The number of carbonyl (C=O) groups is 1. The van der Waals surface area contributed by atoms with Crippen LogP contribution in [0, 0.1) is 6.92 Å². The van der Waals surface area contributed by atoms with Crippen LogP contribution in [0.5, 0.6) is 0 Å². The van der Waals surface area contributed by atoms with E-state index in [1.807, 2.05) is 26.0 Å². The standard InChI is InChI=1S/C14H19NO5S/c1-3-4-5-6-11-19-14(16)15-20-21(17,18)13-9-7-12(2)8-10-13/h4-5,7-10H,3,6,11H2,1-2H3,(H,15,16)/b5-4+. The van der Waals surface area contributed by atoms with Crippen molar-refractivity contribution in [3.63, 3.8) is 0 Å². The van der Waals surface area contributed by atoms with E-state index in [0.717, 1.165) is 12.0 Å². The largest absolute Gasteiger partial charge is 0.448 e. The number of hydrogen-bond acceptors (Lipinski definition) is 5. The number of amides is 1. The highest BCUT2D eigenvalue weighted by molar-refractivity contribution is 7.86. The number of benzene rings is 1. The van der Waals surface area contributed by atoms with Gasteiger partial charge in [0.05, 0.1) is 11.5 Å². The average Bonchev–Trinajstić information content (AvgIpc) is 2.45. The van der Waals surface area contributed by atoms with Crippen molar-refractivity contribution in [1.82, 2.24) is 5.48 Å². The number of hydroxylamine groups is 1. The summed E-state index contributed by atoms with van der Waals surface area (Å²) in [5, 5.41) is 0. The van der Waals surface area contributed by atoms with Crippen LogP contribution in [0.15, 0.2) is 41.3 Å². The monoisotopic (exact) mass is 313 g/mol. The van der Waals surface area contributed by atoms with E-state index >= 15 is 0 Å². The van der Waals surface area contributed by atoms with Gasteiger partial charge in [-0.15, -0.1) is 4.28 Å². The Bertz CT molecular complexity index is 578. The van der Waals surface area contributed by atoms with Crippen molar-refractivity contribution < 1.29 is 22.2 Å². The fraction of sp³-hybridized carbons (Fsp3) is 0.357. The van der Waals surface area contributed by atoms with Gasteiger partial charge in [0.1, 0.15) is 0 Å². The Balaban J connectivity index is 2.41. The van der Waals surface area contributed by atoms with Crippen molar-refractivity contribution in [1.29, 1.82) is 0 Å². The smallest absolute Gasteiger partial charge is 0.432 e. The second-order valence-corrected chi connectivity index (χ2v) is 5.80. The average molecular weight is 313 g/mol. The van der Waals surface area contributed by atoms with Gasteiger partial charge in [0.2, 0.25) is 0 Å². The lowest BCUT2D eigenvalue weighted by atomic mass is 10.2. The fourth-order valence-corrected chi connectivity index (χ4v) is 2.12. The quantitative estimate of drug-likeness (QED) is 0.475. The Morgan fingerprint density at radius 3 is 2.52 bits per heavy atom. The van der Waals surface area contributed by atoms with Gasteiger partial charge in [0.25, 0.3) is 0 Å². The van der Waals surface area contributed by atoms with Crippen LogP contribution in [-0.4, -0.2) is 21.1 Å². The minimum Gasteiger partial charge on any atom is -0.448 e. The summed E-state index contributed by atoms with van der Waals surface area (Å²) in [6.45, 7) is 3.98. The van der Waals surface area contributed by atoms with Gasteiger partial charge in [-0.2, -0.15) is 13.9 Å². The highest BCUT2D eigenvalue weighted by Gasteiger charge is 2.17. The molecule has 0 unspecified atom stereocenters. The maximum absolute atomic E-state index is 11.8. The van der Waals surface area contributed by atoms with Gasteiger partial charge >= 0.3 is 16.2 Å². The lowest BCUT2D eigenvalue weighted by molar-refractivity contribution is 0.104. The van der Waals surface area contributed by atoms with Gasteiger partial charge in [-0.1, -0.05) is 36.8 Å². The summed E-state index contributed by atoms with van der Waals surface area (Å²) in [5.41, 5.74) is 2.67. The van der Waals surface area contributed by atoms with Crippen molar-refractivity contribution in [3.05, 3.63) is 42.0 Å². The molecule has 0 aromatic heterocycles. The summed E-state index contributed by atoms with van der Waals surface area (Å²) in [6, 6.07) is 6.06. The predicted octanol–water partition coefficient (Wildman–Crippen LogP) is 2.70. The van der Waals surface area contributed by atoms with Crippen molar-refractivity contribution in [2.45, 2.75) is 31.6 Å². The molecule has 1 aromatic carbocycles. The molecule has 1 aromatic rings. The minimum atomic E-state index is -4.04. The zero-order valence-corrected chi connectivity index (χ0v) is 12.9. The van der Waals surface area contributed by atoms with Crippen LogP contribution < -0.4 is 5.48 Å². The van der Waals surface area contributed by atoms with E-state index in [9.17, 15) is 13.2 Å². The number of hydrogen-bond donors (Lipinski definition) is 1. The second-order valence-electron chi connectivity index (χ2n) is 4.26. The van der Waals surface area contributed by atoms with Crippen molar-refractivity contribution in [2.24, 2.45) is 0 Å². The molecule has 116 valence electrons. The van der Waals surface area contributed by atoms with E-state index in [1.165, 1.54) is 12.1 Å². The van der Waals surface area contributed by atoms with Gasteiger partial charge < -0.3 is 4.74 Å². The Kier molecular flexibility index (Phi) is 6.90. The van der Waals surface area contributed by atoms with Crippen LogP contribution >= 0.6 is 0 Å². The molecule has 0 aliphatic rings. The normalized spacial score (nSPS) is 11.5. The molecule has 0 radical (unpaired) electrons. The molecule has 7 heteroatoms. The predicted molar refractivity (Wildman–Crippen MR) is 78.0 cm³/mol. The number of carbonyl (C=O) groups excluding carboxylic acids is 1. The van der Waals surface area contributed by atoms with Crippen molar-refractivity contribution in [3.8, 4) is 0 Å². The molecule has 0 aliphatic carbocycles. The fourth-order valence-electron chi connectivity index (χ4n) is 1.38. The molecular weight excluding hydrogens is 294 g/mol. The highest BCUT2D eigenvalue weighted by Crippen LogP contribution is 2.12. The first-order valence-electron chi connectivity index (χ1n) is 6.53. The summed E-state index contributed by atoms with van der Waals surface area (Å²) >= 11 is 0. The third-order valence-electron chi connectivity index (χ3n) is 2.46. The Morgan fingerprint density at radius 1 is 1.24 bits per heavy atom. The summed E-state index contributed by atoms with van der Waals surface area (Å²) in [5.74, 6) is 0. The van der Waals surface area contributed by atoms with Gasteiger partial charge in [-0.3, -0.25) is 0 Å². The van der Waals surface area contributed by atoms with Gasteiger partial charge in [0, 0.05) is 0 Å².